The Morgan fingerprint density at radius 1 is 0.907 bits per heavy atom. The summed E-state index contributed by atoms with van der Waals surface area (Å²) >= 11 is 0. The predicted molar refractivity (Wildman–Crippen MR) is 164 cm³/mol. The highest BCUT2D eigenvalue weighted by Crippen LogP contribution is 2.34. The van der Waals surface area contributed by atoms with Crippen LogP contribution in [0.1, 0.15) is 42.4 Å². The number of hydrogen-bond acceptors (Lipinski definition) is 6. The first-order chi connectivity index (χ1) is 21.0. The van der Waals surface area contributed by atoms with E-state index >= 15 is 0 Å². The van der Waals surface area contributed by atoms with E-state index in [-0.39, 0.29) is 18.4 Å². The second kappa shape index (κ2) is 14.8. The van der Waals surface area contributed by atoms with Crippen molar-refractivity contribution in [2.75, 3.05) is 32.7 Å². The van der Waals surface area contributed by atoms with Gasteiger partial charge in [0.15, 0.2) is 0 Å². The van der Waals surface area contributed by atoms with Crippen LogP contribution < -0.4 is 10.6 Å². The zero-order valence-corrected chi connectivity index (χ0v) is 24.6. The van der Waals surface area contributed by atoms with Gasteiger partial charge < -0.3 is 25.2 Å². The Bertz CT molecular complexity index is 1330. The zero-order valence-electron chi connectivity index (χ0n) is 24.6. The average Bonchev–Trinajstić information content (AvgIpc) is 3.05. The first kappa shape index (κ1) is 30.2. The number of aromatic nitrogens is 1. The van der Waals surface area contributed by atoms with Crippen molar-refractivity contribution in [1.29, 1.82) is 0 Å². The maximum absolute atomic E-state index is 13.9. The molecule has 9 nitrogen and oxygen atoms in total. The normalized spacial score (nSPS) is 18.3. The molecule has 9 heteroatoms. The highest BCUT2D eigenvalue weighted by molar-refractivity contribution is 6.00. The van der Waals surface area contributed by atoms with Crippen molar-refractivity contribution in [1.82, 2.24) is 25.4 Å². The fourth-order valence-electron chi connectivity index (χ4n) is 6.03. The van der Waals surface area contributed by atoms with E-state index in [1.165, 1.54) is 5.56 Å². The zero-order chi connectivity index (χ0) is 29.9. The maximum Gasteiger partial charge on any atom is 0.407 e. The van der Waals surface area contributed by atoms with E-state index < -0.39 is 17.7 Å². The van der Waals surface area contributed by atoms with Crippen molar-refractivity contribution >= 4 is 17.9 Å². The van der Waals surface area contributed by atoms with E-state index in [1.54, 1.807) is 6.20 Å². The Morgan fingerprint density at radius 3 is 2.28 bits per heavy atom. The lowest BCUT2D eigenvalue weighted by molar-refractivity contribution is -0.161. The molecule has 5 rings (SSSR count). The van der Waals surface area contributed by atoms with Crippen LogP contribution in [0.15, 0.2) is 85.2 Å². The minimum absolute atomic E-state index is 0.0483. The number of benzene rings is 2. The summed E-state index contributed by atoms with van der Waals surface area (Å²) < 4.78 is 5.27. The number of alkyl carbamates (subject to hydrolysis) is 1. The van der Waals surface area contributed by atoms with Crippen LogP contribution >= 0.6 is 0 Å². The van der Waals surface area contributed by atoms with Crippen LogP contribution in [-0.4, -0.2) is 77.0 Å². The second-order valence-electron chi connectivity index (χ2n) is 11.4. The summed E-state index contributed by atoms with van der Waals surface area (Å²) in [5.74, 6) is -0.117. The molecule has 2 saturated heterocycles. The molecule has 43 heavy (non-hydrogen) atoms. The van der Waals surface area contributed by atoms with Crippen LogP contribution in [0.5, 0.6) is 0 Å². The standard InChI is InChI=1S/C34H41N5O4/c40-31-30(14-8-20-36-33(42)43-26-29-11-5-2-6-12-29)37-32(41)34(39(31)22-16-28-13-7-19-35-25-28)17-23-38(24-18-34)21-15-27-9-3-1-4-10-27/h1-7,9-13,19,25,30H,8,14-18,20-24,26H2,(H,36,42)(H,37,41)/t30-/m0/s1. The van der Waals surface area contributed by atoms with Crippen molar-refractivity contribution in [3.8, 4) is 0 Å². The van der Waals surface area contributed by atoms with E-state index in [1.807, 2.05) is 59.6 Å². The van der Waals surface area contributed by atoms with E-state index in [0.29, 0.717) is 45.2 Å². The van der Waals surface area contributed by atoms with E-state index in [0.717, 1.165) is 37.2 Å². The van der Waals surface area contributed by atoms with Crippen LogP contribution in [0.25, 0.3) is 0 Å². The Hall–Kier alpha value is -4.24. The number of piperazine rings is 1. The van der Waals surface area contributed by atoms with Gasteiger partial charge in [0, 0.05) is 45.1 Å². The van der Waals surface area contributed by atoms with Gasteiger partial charge in [-0.25, -0.2) is 4.79 Å². The lowest BCUT2D eigenvalue weighted by atomic mass is 9.81. The lowest BCUT2D eigenvalue weighted by Crippen LogP contribution is -2.73. The Balaban J connectivity index is 1.16. The third-order valence-corrected chi connectivity index (χ3v) is 8.55. The molecule has 0 bridgehead atoms. The molecular formula is C34H41N5O4. The van der Waals surface area contributed by atoms with E-state index in [4.69, 9.17) is 4.74 Å². The molecule has 0 saturated carbocycles. The first-order valence-electron chi connectivity index (χ1n) is 15.3. The molecule has 3 amide bonds. The molecule has 2 aliphatic rings. The quantitative estimate of drug-likeness (QED) is 0.315. The van der Waals surface area contributed by atoms with Crippen LogP contribution in [0.4, 0.5) is 4.79 Å². The van der Waals surface area contributed by atoms with Crippen molar-refractivity contribution in [3.63, 3.8) is 0 Å². The third-order valence-electron chi connectivity index (χ3n) is 8.55. The van der Waals surface area contributed by atoms with Gasteiger partial charge in [0.1, 0.15) is 18.2 Å². The van der Waals surface area contributed by atoms with Crippen molar-refractivity contribution in [2.24, 2.45) is 0 Å². The minimum Gasteiger partial charge on any atom is -0.445 e. The topological polar surface area (TPSA) is 104 Å². The number of carbonyl (C=O) groups excluding carboxylic acids is 3. The highest BCUT2D eigenvalue weighted by atomic mass is 16.5. The van der Waals surface area contributed by atoms with Crippen LogP contribution in [0, 0.1) is 0 Å². The Labute approximate surface area is 253 Å². The molecule has 2 fully saturated rings. The molecular weight excluding hydrogens is 542 g/mol. The Morgan fingerprint density at radius 2 is 1.58 bits per heavy atom. The number of likely N-dealkylation sites (tertiary alicyclic amines) is 1. The second-order valence-corrected chi connectivity index (χ2v) is 11.4. The fraction of sp³-hybridized carbons (Fsp3) is 0.412. The molecule has 0 radical (unpaired) electrons. The van der Waals surface area contributed by atoms with Crippen LogP contribution in [-0.2, 0) is 33.8 Å². The summed E-state index contributed by atoms with van der Waals surface area (Å²) in [5, 5.41) is 5.81. The SMILES string of the molecule is O=C(NCCC[C@@H]1NC(=O)C2(CCN(CCc3ccccc3)CC2)N(CCc2cccnc2)C1=O)OCc1ccccc1. The molecule has 1 atom stereocenters. The van der Waals surface area contributed by atoms with Gasteiger partial charge in [-0.3, -0.25) is 14.6 Å². The summed E-state index contributed by atoms with van der Waals surface area (Å²) in [6, 6.07) is 23.2. The highest BCUT2D eigenvalue weighted by Gasteiger charge is 2.53. The number of nitrogens with zero attached hydrogens (tertiary/aromatic N) is 3. The number of rotatable bonds is 12. The van der Waals surface area contributed by atoms with Gasteiger partial charge in [-0.15, -0.1) is 0 Å². The number of carbonyl (C=O) groups is 3. The lowest BCUT2D eigenvalue weighted by Gasteiger charge is -2.51. The van der Waals surface area contributed by atoms with Crippen molar-refractivity contribution in [3.05, 3.63) is 102 Å². The average molecular weight is 584 g/mol. The smallest absolute Gasteiger partial charge is 0.407 e. The third kappa shape index (κ3) is 7.99. The molecule has 1 spiro atoms. The fourth-order valence-corrected chi connectivity index (χ4v) is 6.03. The number of pyridine rings is 1. The van der Waals surface area contributed by atoms with Crippen LogP contribution in [0.2, 0.25) is 0 Å². The van der Waals surface area contributed by atoms with E-state index in [9.17, 15) is 14.4 Å². The van der Waals surface area contributed by atoms with Crippen molar-refractivity contribution in [2.45, 2.75) is 56.7 Å². The first-order valence-corrected chi connectivity index (χ1v) is 15.3. The molecule has 2 aliphatic heterocycles. The number of ether oxygens (including phenoxy) is 1. The number of nitrogens with one attached hydrogen (secondary N) is 2. The van der Waals surface area contributed by atoms with Crippen LogP contribution in [0.3, 0.4) is 0 Å². The summed E-state index contributed by atoms with van der Waals surface area (Å²) in [5.41, 5.74) is 2.40. The largest absolute Gasteiger partial charge is 0.445 e. The molecule has 3 aromatic rings. The summed E-state index contributed by atoms with van der Waals surface area (Å²) in [6.07, 6.45) is 6.82. The number of amides is 3. The van der Waals surface area contributed by atoms with Gasteiger partial charge >= 0.3 is 6.09 Å². The molecule has 0 aliphatic carbocycles. The predicted octanol–water partition coefficient (Wildman–Crippen LogP) is 3.74. The van der Waals surface area contributed by atoms with E-state index in [2.05, 4.69) is 44.8 Å². The van der Waals surface area contributed by atoms with Gasteiger partial charge in [0.25, 0.3) is 0 Å². The van der Waals surface area contributed by atoms with Gasteiger partial charge in [-0.2, -0.15) is 0 Å². The summed E-state index contributed by atoms with van der Waals surface area (Å²) in [4.78, 5) is 48.3. The molecule has 226 valence electrons. The molecule has 3 heterocycles. The number of piperidine rings is 1. The molecule has 0 unspecified atom stereocenters. The van der Waals surface area contributed by atoms with Gasteiger partial charge in [0.05, 0.1) is 0 Å². The molecule has 2 N–H and O–H groups in total. The van der Waals surface area contributed by atoms with Gasteiger partial charge in [-0.1, -0.05) is 66.7 Å². The number of hydrogen-bond donors (Lipinski definition) is 2. The maximum atomic E-state index is 13.9. The van der Waals surface area contributed by atoms with Gasteiger partial charge in [0.2, 0.25) is 11.8 Å². The monoisotopic (exact) mass is 583 g/mol. The van der Waals surface area contributed by atoms with Crippen molar-refractivity contribution < 1.29 is 19.1 Å². The molecule has 2 aromatic carbocycles. The Kier molecular flexibility index (Phi) is 10.4. The molecule has 1 aromatic heterocycles. The minimum atomic E-state index is -0.849. The van der Waals surface area contributed by atoms with Gasteiger partial charge in [-0.05, 0) is 61.3 Å². The summed E-state index contributed by atoms with van der Waals surface area (Å²) in [7, 11) is 0. The summed E-state index contributed by atoms with van der Waals surface area (Å²) in [6.45, 7) is 3.45.